The van der Waals surface area contributed by atoms with Crippen LogP contribution in [0.5, 0.6) is 0 Å². The molecule has 0 bridgehead atoms. The molecule has 20 heavy (non-hydrogen) atoms. The van der Waals surface area contributed by atoms with E-state index in [9.17, 15) is 0 Å². The van der Waals surface area contributed by atoms with E-state index in [1.165, 1.54) is 11.3 Å². The Morgan fingerprint density at radius 1 is 1.15 bits per heavy atom. The first-order chi connectivity index (χ1) is 9.65. The molecular formula is C17H24N2S. The maximum Gasteiger partial charge on any atom is 0.0897 e. The largest absolute Gasteiger partial charge is 0.316 e. The van der Waals surface area contributed by atoms with Crippen LogP contribution >= 0.6 is 11.3 Å². The molecule has 1 unspecified atom stereocenters. The quantitative estimate of drug-likeness (QED) is 0.832. The van der Waals surface area contributed by atoms with Crippen LogP contribution in [0.2, 0.25) is 0 Å². The zero-order valence-electron chi connectivity index (χ0n) is 12.6. The lowest BCUT2D eigenvalue weighted by Gasteiger charge is -2.18. The van der Waals surface area contributed by atoms with E-state index in [1.54, 1.807) is 11.3 Å². The predicted octanol–water partition coefficient (Wildman–Crippen LogP) is 4.02. The van der Waals surface area contributed by atoms with Crippen LogP contribution in [0.25, 0.3) is 0 Å². The van der Waals surface area contributed by atoms with E-state index >= 15 is 0 Å². The minimum absolute atomic E-state index is 0.497. The summed E-state index contributed by atoms with van der Waals surface area (Å²) < 4.78 is 0. The van der Waals surface area contributed by atoms with Crippen molar-refractivity contribution >= 4 is 11.3 Å². The normalized spacial score (nSPS) is 12.8. The lowest BCUT2D eigenvalue weighted by molar-refractivity contribution is 0.512. The highest BCUT2D eigenvalue weighted by Gasteiger charge is 2.13. The molecule has 0 radical (unpaired) electrons. The molecule has 1 heterocycles. The van der Waals surface area contributed by atoms with Gasteiger partial charge in [0.25, 0.3) is 0 Å². The summed E-state index contributed by atoms with van der Waals surface area (Å²) in [4.78, 5) is 4.61. The van der Waals surface area contributed by atoms with Crippen LogP contribution in [0.3, 0.4) is 0 Å². The first-order valence-electron chi connectivity index (χ1n) is 7.32. The van der Waals surface area contributed by atoms with Gasteiger partial charge in [-0.1, -0.05) is 44.2 Å². The molecule has 0 spiro atoms. The summed E-state index contributed by atoms with van der Waals surface area (Å²) in [6.07, 6.45) is 1.01. The van der Waals surface area contributed by atoms with Gasteiger partial charge in [-0.05, 0) is 31.4 Å². The summed E-state index contributed by atoms with van der Waals surface area (Å²) >= 11 is 1.74. The van der Waals surface area contributed by atoms with Crippen molar-refractivity contribution in [1.29, 1.82) is 0 Å². The van der Waals surface area contributed by atoms with Crippen LogP contribution in [0.15, 0.2) is 35.7 Å². The second-order valence-electron chi connectivity index (χ2n) is 5.72. The Morgan fingerprint density at radius 3 is 2.50 bits per heavy atom. The van der Waals surface area contributed by atoms with Crippen LogP contribution < -0.4 is 5.32 Å². The number of thiazole rings is 1. The second kappa shape index (κ2) is 7.55. The summed E-state index contributed by atoms with van der Waals surface area (Å²) in [6, 6.07) is 10.8. The molecule has 2 nitrogen and oxygen atoms in total. The number of aryl methyl sites for hydroxylation is 1. The molecule has 1 N–H and O–H groups in total. The van der Waals surface area contributed by atoms with Crippen LogP contribution in [0.4, 0.5) is 0 Å². The first-order valence-corrected chi connectivity index (χ1v) is 8.19. The maximum absolute atomic E-state index is 4.61. The molecule has 1 atom stereocenters. The van der Waals surface area contributed by atoms with E-state index in [4.69, 9.17) is 0 Å². The lowest BCUT2D eigenvalue weighted by Crippen LogP contribution is -2.26. The maximum atomic E-state index is 4.61. The van der Waals surface area contributed by atoms with Gasteiger partial charge in [0, 0.05) is 17.8 Å². The molecule has 0 saturated heterocycles. The van der Waals surface area contributed by atoms with Crippen molar-refractivity contribution in [2.75, 3.05) is 13.1 Å². The fourth-order valence-corrected chi connectivity index (χ4v) is 2.96. The van der Waals surface area contributed by atoms with Crippen molar-refractivity contribution < 1.29 is 0 Å². The highest BCUT2D eigenvalue weighted by molar-refractivity contribution is 7.09. The van der Waals surface area contributed by atoms with Gasteiger partial charge < -0.3 is 5.32 Å². The number of nitrogens with zero attached hydrogens (tertiary/aromatic N) is 1. The molecule has 0 saturated carbocycles. The monoisotopic (exact) mass is 288 g/mol. The van der Waals surface area contributed by atoms with Gasteiger partial charge in [-0.15, -0.1) is 11.3 Å². The van der Waals surface area contributed by atoms with Crippen molar-refractivity contribution in [3.05, 3.63) is 52.0 Å². The van der Waals surface area contributed by atoms with E-state index < -0.39 is 0 Å². The molecule has 0 amide bonds. The SMILES string of the molecule is Cc1nc(CC(CNCC(C)C)c2ccccc2)cs1. The van der Waals surface area contributed by atoms with Crippen LogP contribution in [-0.4, -0.2) is 18.1 Å². The van der Waals surface area contributed by atoms with E-state index in [1.807, 2.05) is 0 Å². The average Bonchev–Trinajstić information content (AvgIpc) is 2.84. The Kier molecular flexibility index (Phi) is 5.74. The van der Waals surface area contributed by atoms with Gasteiger partial charge in [0.05, 0.1) is 10.7 Å². The highest BCUT2D eigenvalue weighted by atomic mass is 32.1. The van der Waals surface area contributed by atoms with Gasteiger partial charge in [-0.25, -0.2) is 4.98 Å². The Hall–Kier alpha value is -1.19. The zero-order valence-corrected chi connectivity index (χ0v) is 13.4. The van der Waals surface area contributed by atoms with Crippen LogP contribution in [0.1, 0.15) is 36.0 Å². The molecule has 0 aliphatic carbocycles. The predicted molar refractivity (Wildman–Crippen MR) is 87.4 cm³/mol. The van der Waals surface area contributed by atoms with Gasteiger partial charge in [-0.2, -0.15) is 0 Å². The van der Waals surface area contributed by atoms with Crippen molar-refractivity contribution in [2.24, 2.45) is 5.92 Å². The van der Waals surface area contributed by atoms with E-state index in [2.05, 4.69) is 66.8 Å². The third-order valence-electron chi connectivity index (χ3n) is 3.34. The van der Waals surface area contributed by atoms with Gasteiger partial charge in [0.1, 0.15) is 0 Å². The van der Waals surface area contributed by atoms with Crippen LogP contribution in [0, 0.1) is 12.8 Å². The minimum Gasteiger partial charge on any atom is -0.316 e. The Bertz CT molecular complexity index is 505. The highest BCUT2D eigenvalue weighted by Crippen LogP contribution is 2.21. The topological polar surface area (TPSA) is 24.9 Å². The molecule has 3 heteroatoms. The molecule has 1 aromatic carbocycles. The lowest BCUT2D eigenvalue weighted by atomic mass is 9.94. The number of nitrogens with one attached hydrogen (secondary N) is 1. The Balaban J connectivity index is 2.03. The van der Waals surface area contributed by atoms with Gasteiger partial charge in [0.15, 0.2) is 0 Å². The summed E-state index contributed by atoms with van der Waals surface area (Å²) in [5, 5.41) is 6.93. The molecular weight excluding hydrogens is 264 g/mol. The molecule has 108 valence electrons. The molecule has 1 aromatic heterocycles. The fraction of sp³-hybridized carbons (Fsp3) is 0.471. The molecule has 0 aliphatic rings. The Morgan fingerprint density at radius 2 is 1.90 bits per heavy atom. The molecule has 0 fully saturated rings. The van der Waals surface area contributed by atoms with Gasteiger partial charge in [0.2, 0.25) is 0 Å². The first kappa shape index (κ1) is 15.2. The minimum atomic E-state index is 0.497. The van der Waals surface area contributed by atoms with Crippen molar-refractivity contribution in [2.45, 2.75) is 33.1 Å². The summed E-state index contributed by atoms with van der Waals surface area (Å²) in [5.41, 5.74) is 2.61. The van der Waals surface area contributed by atoms with E-state index in [0.29, 0.717) is 11.8 Å². The average molecular weight is 288 g/mol. The summed E-state index contributed by atoms with van der Waals surface area (Å²) in [6.45, 7) is 8.64. The number of rotatable bonds is 7. The Labute approximate surface area is 126 Å². The van der Waals surface area contributed by atoms with E-state index in [-0.39, 0.29) is 0 Å². The third-order valence-corrected chi connectivity index (χ3v) is 4.16. The van der Waals surface area contributed by atoms with Gasteiger partial charge in [-0.3, -0.25) is 0 Å². The summed E-state index contributed by atoms with van der Waals surface area (Å²) in [5.74, 6) is 1.18. The zero-order chi connectivity index (χ0) is 14.4. The van der Waals surface area contributed by atoms with Gasteiger partial charge >= 0.3 is 0 Å². The molecule has 2 aromatic rings. The van der Waals surface area contributed by atoms with Crippen molar-refractivity contribution in [3.8, 4) is 0 Å². The molecule has 2 rings (SSSR count). The van der Waals surface area contributed by atoms with E-state index in [0.717, 1.165) is 24.5 Å². The third kappa shape index (κ3) is 4.73. The smallest absolute Gasteiger partial charge is 0.0897 e. The van der Waals surface area contributed by atoms with Crippen molar-refractivity contribution in [3.63, 3.8) is 0 Å². The number of hydrogen-bond acceptors (Lipinski definition) is 3. The number of benzene rings is 1. The fourth-order valence-electron chi connectivity index (χ4n) is 2.33. The standard InChI is InChI=1S/C17H24N2S/c1-13(2)10-18-11-16(15-7-5-4-6-8-15)9-17-12-20-14(3)19-17/h4-8,12-13,16,18H,9-11H2,1-3H3. The summed E-state index contributed by atoms with van der Waals surface area (Å²) in [7, 11) is 0. The number of aromatic nitrogens is 1. The van der Waals surface area contributed by atoms with Crippen LogP contribution in [-0.2, 0) is 6.42 Å². The number of hydrogen-bond donors (Lipinski definition) is 1. The molecule has 0 aliphatic heterocycles. The van der Waals surface area contributed by atoms with Crippen molar-refractivity contribution in [1.82, 2.24) is 10.3 Å². The second-order valence-corrected chi connectivity index (χ2v) is 6.78.